The Morgan fingerprint density at radius 1 is 1.14 bits per heavy atom. The van der Waals surface area contributed by atoms with Crippen LogP contribution in [0.15, 0.2) is 60.4 Å². The van der Waals surface area contributed by atoms with Gasteiger partial charge in [0.25, 0.3) is 5.91 Å². The van der Waals surface area contributed by atoms with Crippen molar-refractivity contribution >= 4 is 11.9 Å². The molecule has 7 heteroatoms. The van der Waals surface area contributed by atoms with Gasteiger partial charge in [0.2, 0.25) is 0 Å². The van der Waals surface area contributed by atoms with E-state index in [2.05, 4.69) is 11.5 Å². The van der Waals surface area contributed by atoms with Crippen molar-refractivity contribution in [1.29, 1.82) is 5.26 Å². The molecular weight excluding hydrogens is 358 g/mol. The first-order valence-electron chi connectivity index (χ1n) is 8.58. The number of methoxy groups -OCH3 is 1. The minimum atomic E-state index is -0.755. The molecule has 1 aliphatic rings. The zero-order valence-electron chi connectivity index (χ0n) is 15.5. The van der Waals surface area contributed by atoms with E-state index < -0.39 is 12.0 Å². The van der Waals surface area contributed by atoms with Crippen molar-refractivity contribution in [2.24, 2.45) is 0 Å². The number of hydrogen-bond donors (Lipinski definition) is 1. The minimum Gasteiger partial charge on any atom is -0.467 e. The van der Waals surface area contributed by atoms with Crippen molar-refractivity contribution in [3.8, 4) is 17.2 Å². The quantitative estimate of drug-likeness (QED) is 0.636. The molecule has 0 radical (unpaired) electrons. The van der Waals surface area contributed by atoms with Crippen molar-refractivity contribution in [2.75, 3.05) is 14.2 Å². The fourth-order valence-electron chi connectivity index (χ4n) is 3.12. The number of carbonyl (C=O) groups is 2. The summed E-state index contributed by atoms with van der Waals surface area (Å²) in [6.07, 6.45) is 1.83. The van der Waals surface area contributed by atoms with Crippen molar-refractivity contribution in [3.05, 3.63) is 71.6 Å². The highest BCUT2D eigenvalue weighted by molar-refractivity contribution is 5.98. The van der Waals surface area contributed by atoms with Crippen LogP contribution in [0.25, 0.3) is 11.1 Å². The zero-order chi connectivity index (χ0) is 20.1. The van der Waals surface area contributed by atoms with E-state index in [1.54, 1.807) is 42.6 Å². The lowest BCUT2D eigenvalue weighted by molar-refractivity contribution is -0.144. The van der Waals surface area contributed by atoms with Crippen LogP contribution in [0.3, 0.4) is 0 Å². The predicted molar refractivity (Wildman–Crippen MR) is 101 cm³/mol. The van der Waals surface area contributed by atoms with Crippen LogP contribution in [0.5, 0.6) is 0 Å². The fraction of sp³-hybridized carbons (Fsp3) is 0.190. The summed E-state index contributed by atoms with van der Waals surface area (Å²) in [4.78, 5) is 31.2. The summed E-state index contributed by atoms with van der Waals surface area (Å²) in [5.74, 6) is -0.833. The third kappa shape index (κ3) is 3.72. The summed E-state index contributed by atoms with van der Waals surface area (Å²) < 4.78 is 4.81. The Hall–Kier alpha value is -3.63. The Kier molecular flexibility index (Phi) is 5.72. The number of esters is 1. The lowest BCUT2D eigenvalue weighted by Gasteiger charge is -2.21. The molecule has 0 aromatic heterocycles. The molecule has 0 unspecified atom stereocenters. The highest BCUT2D eigenvalue weighted by Gasteiger charge is 2.36. The zero-order valence-corrected chi connectivity index (χ0v) is 15.5. The molecule has 0 spiro atoms. The van der Waals surface area contributed by atoms with Gasteiger partial charge in [0.05, 0.1) is 31.5 Å². The van der Waals surface area contributed by atoms with E-state index in [0.717, 1.165) is 11.1 Å². The average molecular weight is 377 g/mol. The van der Waals surface area contributed by atoms with Gasteiger partial charge < -0.3 is 4.74 Å². The molecule has 0 saturated carbocycles. The molecule has 0 bridgehead atoms. The van der Waals surface area contributed by atoms with E-state index in [9.17, 15) is 14.9 Å². The maximum Gasteiger partial charge on any atom is 0.329 e. The largest absolute Gasteiger partial charge is 0.467 e. The number of nitrogens with zero attached hydrogens (tertiary/aromatic N) is 2. The summed E-state index contributed by atoms with van der Waals surface area (Å²) in [5.41, 5.74) is 5.87. The number of benzene rings is 2. The molecule has 3 rings (SSSR count). The first-order valence-corrected chi connectivity index (χ1v) is 8.58. The summed E-state index contributed by atoms with van der Waals surface area (Å²) in [6.45, 7) is 0. The molecule has 0 fully saturated rings. The van der Waals surface area contributed by atoms with Crippen LogP contribution in [-0.2, 0) is 14.4 Å². The van der Waals surface area contributed by atoms with Crippen LogP contribution >= 0.6 is 0 Å². The van der Waals surface area contributed by atoms with Crippen molar-refractivity contribution in [1.82, 2.24) is 10.4 Å². The second-order valence-corrected chi connectivity index (χ2v) is 6.15. The smallest absolute Gasteiger partial charge is 0.329 e. The summed E-state index contributed by atoms with van der Waals surface area (Å²) in [5, 5.41) is 9.26. The van der Waals surface area contributed by atoms with E-state index >= 15 is 0 Å². The molecule has 2 aromatic carbocycles. The molecule has 142 valence electrons. The van der Waals surface area contributed by atoms with Gasteiger partial charge in [-0.3, -0.25) is 20.0 Å². The van der Waals surface area contributed by atoms with E-state index in [4.69, 9.17) is 9.57 Å². The molecule has 1 aliphatic heterocycles. The monoisotopic (exact) mass is 377 g/mol. The Labute approximate surface area is 162 Å². The number of hydroxylamine groups is 1. The van der Waals surface area contributed by atoms with Crippen molar-refractivity contribution in [3.63, 3.8) is 0 Å². The van der Waals surface area contributed by atoms with Crippen LogP contribution in [0.1, 0.15) is 22.3 Å². The van der Waals surface area contributed by atoms with Crippen molar-refractivity contribution in [2.45, 2.75) is 12.5 Å². The molecular formula is C21H19N3O4. The number of carbonyl (C=O) groups excluding carboxylic acids is 2. The Bertz CT molecular complexity index is 960. The summed E-state index contributed by atoms with van der Waals surface area (Å²) in [6, 6.07) is 15.6. The van der Waals surface area contributed by atoms with Crippen LogP contribution in [0.2, 0.25) is 0 Å². The molecule has 28 heavy (non-hydrogen) atoms. The van der Waals surface area contributed by atoms with E-state index in [-0.39, 0.29) is 12.3 Å². The third-order valence-corrected chi connectivity index (χ3v) is 4.48. The van der Waals surface area contributed by atoms with E-state index in [0.29, 0.717) is 16.8 Å². The number of rotatable bonds is 5. The first-order chi connectivity index (χ1) is 13.6. The maximum absolute atomic E-state index is 13.0. The summed E-state index contributed by atoms with van der Waals surface area (Å²) >= 11 is 0. The topological polar surface area (TPSA) is 91.7 Å². The maximum atomic E-state index is 13.0. The van der Waals surface area contributed by atoms with Gasteiger partial charge in [-0.2, -0.15) is 5.26 Å². The van der Waals surface area contributed by atoms with Gasteiger partial charge in [-0.25, -0.2) is 4.79 Å². The van der Waals surface area contributed by atoms with Gasteiger partial charge in [-0.15, -0.1) is 0 Å². The highest BCUT2D eigenvalue weighted by atomic mass is 16.6. The Morgan fingerprint density at radius 3 is 2.50 bits per heavy atom. The minimum absolute atomic E-state index is 0.278. The van der Waals surface area contributed by atoms with Gasteiger partial charge in [-0.05, 0) is 29.3 Å². The molecule has 1 heterocycles. The predicted octanol–water partition coefficient (Wildman–Crippen LogP) is 2.61. The number of nitrogens with one attached hydrogen (secondary N) is 1. The third-order valence-electron chi connectivity index (χ3n) is 4.48. The van der Waals surface area contributed by atoms with Gasteiger partial charge in [-0.1, -0.05) is 30.3 Å². The molecule has 1 amide bonds. The lowest BCUT2D eigenvalue weighted by Crippen LogP contribution is -2.39. The second kappa shape index (κ2) is 8.37. The number of nitriles is 1. The van der Waals surface area contributed by atoms with Crippen LogP contribution in [0.4, 0.5) is 0 Å². The average Bonchev–Trinajstić information content (AvgIpc) is 3.17. The Balaban J connectivity index is 1.87. The van der Waals surface area contributed by atoms with E-state index in [1.807, 2.05) is 12.1 Å². The summed E-state index contributed by atoms with van der Waals surface area (Å²) in [7, 11) is 2.74. The fourth-order valence-corrected chi connectivity index (χ4v) is 3.12. The number of ether oxygens (including phenoxy) is 1. The van der Waals surface area contributed by atoms with Gasteiger partial charge >= 0.3 is 5.97 Å². The standard InChI is InChI=1S/C21H19N3O4/c1-27-21(26)19-11-17(23-28-2)13-24(19)20(25)15-9-7-14(8-10-15)18-6-4-3-5-16(18)12-22/h3-10,13,19,23H,11H2,1-2H3/t19-/m0/s1. The molecule has 1 atom stereocenters. The molecule has 0 aliphatic carbocycles. The van der Waals surface area contributed by atoms with Crippen LogP contribution in [-0.4, -0.2) is 37.0 Å². The van der Waals surface area contributed by atoms with Crippen molar-refractivity contribution < 1.29 is 19.2 Å². The Morgan fingerprint density at radius 2 is 1.86 bits per heavy atom. The first kappa shape index (κ1) is 19.1. The van der Waals surface area contributed by atoms with Crippen LogP contribution < -0.4 is 5.48 Å². The molecule has 0 saturated heterocycles. The van der Waals surface area contributed by atoms with Gasteiger partial charge in [0.1, 0.15) is 6.04 Å². The van der Waals surface area contributed by atoms with Gasteiger partial charge in [0.15, 0.2) is 0 Å². The lowest BCUT2D eigenvalue weighted by atomic mass is 9.99. The van der Waals surface area contributed by atoms with Gasteiger partial charge in [0, 0.05) is 18.2 Å². The second-order valence-electron chi connectivity index (χ2n) is 6.15. The highest BCUT2D eigenvalue weighted by Crippen LogP contribution is 2.26. The SMILES string of the molecule is CONC1=CN(C(=O)c2ccc(-c3ccccc3C#N)cc2)[C@H](C(=O)OC)C1. The molecule has 2 aromatic rings. The van der Waals surface area contributed by atoms with Crippen LogP contribution in [0, 0.1) is 11.3 Å². The van der Waals surface area contributed by atoms with E-state index in [1.165, 1.54) is 19.1 Å². The number of hydrogen-bond acceptors (Lipinski definition) is 6. The normalized spacial score (nSPS) is 15.5. The number of amides is 1. The molecule has 1 N–H and O–H groups in total. The molecule has 7 nitrogen and oxygen atoms in total.